The third-order valence-electron chi connectivity index (χ3n) is 5.81. The molecule has 0 radical (unpaired) electrons. The Kier molecular flexibility index (Phi) is 5.86. The summed E-state index contributed by atoms with van der Waals surface area (Å²) in [5, 5.41) is 0. The van der Waals surface area contributed by atoms with Crippen LogP contribution in [0.1, 0.15) is 43.4 Å². The molecule has 2 aliphatic rings. The second kappa shape index (κ2) is 8.58. The number of hydrogen-bond acceptors (Lipinski definition) is 4. The van der Waals surface area contributed by atoms with Crippen LogP contribution in [0.5, 0.6) is 5.75 Å². The molecule has 162 valence electrons. The van der Waals surface area contributed by atoms with Gasteiger partial charge in [0.05, 0.1) is 17.9 Å². The average Bonchev–Trinajstić information content (AvgIpc) is 3.33. The third-order valence-corrected chi connectivity index (χ3v) is 5.81. The maximum atomic E-state index is 13.6. The Balaban J connectivity index is 1.71. The summed E-state index contributed by atoms with van der Waals surface area (Å²) in [4.78, 5) is 30.5. The number of carbonyl (C=O) groups is 2. The smallest absolute Gasteiger partial charge is 0.282 e. The second-order valence-corrected chi connectivity index (χ2v) is 8.88. The van der Waals surface area contributed by atoms with Crippen molar-refractivity contribution in [3.8, 4) is 5.75 Å². The fraction of sp³-hybridized carbons (Fsp3) is 0.385. The van der Waals surface area contributed by atoms with Gasteiger partial charge in [0, 0.05) is 13.1 Å². The molecule has 31 heavy (non-hydrogen) atoms. The van der Waals surface area contributed by atoms with Gasteiger partial charge in [0.15, 0.2) is 0 Å². The van der Waals surface area contributed by atoms with E-state index in [0.29, 0.717) is 29.5 Å². The molecular weight excluding hydrogens is 388 g/mol. The molecule has 4 rings (SSSR count). The number of aryl methyl sites for hydroxylation is 2. The van der Waals surface area contributed by atoms with Crippen LogP contribution in [0, 0.1) is 19.8 Å². The summed E-state index contributed by atoms with van der Waals surface area (Å²) in [7, 11) is 0. The Morgan fingerprint density at radius 1 is 0.935 bits per heavy atom. The summed E-state index contributed by atoms with van der Waals surface area (Å²) < 4.78 is 5.75. The quantitative estimate of drug-likeness (QED) is 0.637. The fourth-order valence-corrected chi connectivity index (χ4v) is 4.28. The molecular formula is C26H30N2O3. The van der Waals surface area contributed by atoms with E-state index < -0.39 is 0 Å². The van der Waals surface area contributed by atoms with E-state index in [1.54, 1.807) is 12.1 Å². The van der Waals surface area contributed by atoms with E-state index in [9.17, 15) is 9.59 Å². The van der Waals surface area contributed by atoms with Gasteiger partial charge in [0.25, 0.3) is 11.8 Å². The van der Waals surface area contributed by atoms with Crippen LogP contribution in [0.25, 0.3) is 5.57 Å². The molecule has 0 aliphatic carbocycles. The molecule has 0 bridgehead atoms. The van der Waals surface area contributed by atoms with Gasteiger partial charge in [-0.15, -0.1) is 0 Å². The zero-order valence-electron chi connectivity index (χ0n) is 18.8. The van der Waals surface area contributed by atoms with Gasteiger partial charge in [-0.2, -0.15) is 0 Å². The van der Waals surface area contributed by atoms with E-state index in [1.807, 2.05) is 38.1 Å². The number of rotatable bonds is 6. The van der Waals surface area contributed by atoms with Gasteiger partial charge in [0.1, 0.15) is 11.4 Å². The lowest BCUT2D eigenvalue weighted by atomic mass is 9.97. The Labute approximate surface area is 184 Å². The summed E-state index contributed by atoms with van der Waals surface area (Å²) in [5.41, 5.74) is 4.61. The summed E-state index contributed by atoms with van der Waals surface area (Å²) in [6.07, 6.45) is 2.07. The number of carbonyl (C=O) groups excluding carboxylic acids is 2. The van der Waals surface area contributed by atoms with Crippen molar-refractivity contribution in [2.45, 2.75) is 40.5 Å². The van der Waals surface area contributed by atoms with E-state index in [4.69, 9.17) is 4.74 Å². The summed E-state index contributed by atoms with van der Waals surface area (Å²) in [6.45, 7) is 10.4. The van der Waals surface area contributed by atoms with Crippen LogP contribution in [0.3, 0.4) is 0 Å². The maximum absolute atomic E-state index is 13.6. The van der Waals surface area contributed by atoms with E-state index >= 15 is 0 Å². The summed E-state index contributed by atoms with van der Waals surface area (Å²) >= 11 is 0. The number of ether oxygens (including phenoxy) is 1. The van der Waals surface area contributed by atoms with Crippen molar-refractivity contribution in [2.24, 2.45) is 5.92 Å². The molecule has 0 atom stereocenters. The highest BCUT2D eigenvalue weighted by molar-refractivity contribution is 6.45. The van der Waals surface area contributed by atoms with E-state index in [1.165, 1.54) is 4.90 Å². The normalized spacial score (nSPS) is 16.8. The number of hydrogen-bond donors (Lipinski definition) is 0. The van der Waals surface area contributed by atoms with Gasteiger partial charge in [-0.3, -0.25) is 9.59 Å². The highest BCUT2D eigenvalue weighted by Crippen LogP contribution is 2.37. The summed E-state index contributed by atoms with van der Waals surface area (Å²) in [5.74, 6) is 0.667. The predicted octanol–water partition coefficient (Wildman–Crippen LogP) is 4.72. The first-order chi connectivity index (χ1) is 14.9. The number of anilines is 1. The van der Waals surface area contributed by atoms with E-state index in [0.717, 1.165) is 48.4 Å². The zero-order valence-corrected chi connectivity index (χ0v) is 18.8. The van der Waals surface area contributed by atoms with Crippen LogP contribution in [-0.2, 0) is 9.59 Å². The third kappa shape index (κ3) is 4.09. The monoisotopic (exact) mass is 418 g/mol. The van der Waals surface area contributed by atoms with Crippen LogP contribution in [-0.4, -0.2) is 36.4 Å². The van der Waals surface area contributed by atoms with Crippen molar-refractivity contribution < 1.29 is 14.3 Å². The Morgan fingerprint density at radius 2 is 1.61 bits per heavy atom. The highest BCUT2D eigenvalue weighted by Gasteiger charge is 2.43. The Hall–Kier alpha value is -3.08. The minimum absolute atomic E-state index is 0.238. The SMILES string of the molecule is Cc1ccc(C2=C(N3CCCC3)C(=O)N(c3ccc(OCC(C)C)cc3)C2=O)c(C)c1. The highest BCUT2D eigenvalue weighted by atomic mass is 16.5. The lowest BCUT2D eigenvalue weighted by Gasteiger charge is -2.20. The molecule has 2 aromatic carbocycles. The van der Waals surface area contributed by atoms with Gasteiger partial charge in [-0.1, -0.05) is 37.6 Å². The minimum Gasteiger partial charge on any atom is -0.493 e. The van der Waals surface area contributed by atoms with Gasteiger partial charge in [-0.25, -0.2) is 4.90 Å². The minimum atomic E-state index is -0.255. The predicted molar refractivity (Wildman–Crippen MR) is 123 cm³/mol. The topological polar surface area (TPSA) is 49.9 Å². The lowest BCUT2D eigenvalue weighted by molar-refractivity contribution is -0.120. The van der Waals surface area contributed by atoms with Crippen LogP contribution in [0.2, 0.25) is 0 Å². The number of likely N-dealkylation sites (tertiary alicyclic amines) is 1. The van der Waals surface area contributed by atoms with Crippen LogP contribution < -0.4 is 9.64 Å². The van der Waals surface area contributed by atoms with Crippen LogP contribution in [0.4, 0.5) is 5.69 Å². The van der Waals surface area contributed by atoms with Crippen molar-refractivity contribution in [1.82, 2.24) is 4.90 Å². The molecule has 0 aromatic heterocycles. The lowest BCUT2D eigenvalue weighted by Crippen LogP contribution is -2.34. The van der Waals surface area contributed by atoms with Crippen LogP contribution in [0.15, 0.2) is 48.2 Å². The van der Waals surface area contributed by atoms with E-state index in [-0.39, 0.29) is 11.8 Å². The molecule has 2 aromatic rings. The van der Waals surface area contributed by atoms with Gasteiger partial charge >= 0.3 is 0 Å². The molecule has 0 saturated carbocycles. The maximum Gasteiger partial charge on any atom is 0.282 e. The number of nitrogens with zero attached hydrogens (tertiary/aromatic N) is 2. The van der Waals surface area contributed by atoms with E-state index in [2.05, 4.69) is 24.8 Å². The first-order valence-corrected chi connectivity index (χ1v) is 11.1. The number of benzene rings is 2. The van der Waals surface area contributed by atoms with Gasteiger partial charge in [-0.05, 0) is 68.0 Å². The molecule has 0 N–H and O–H groups in total. The first kappa shape index (κ1) is 21.2. The largest absolute Gasteiger partial charge is 0.493 e. The summed E-state index contributed by atoms with van der Waals surface area (Å²) in [6, 6.07) is 13.2. The molecule has 2 amide bonds. The standard InChI is InChI=1S/C26H30N2O3/c1-17(2)16-31-21-10-8-20(9-11-21)28-25(29)23(22-12-7-18(3)15-19(22)4)24(26(28)30)27-13-5-6-14-27/h7-12,15,17H,5-6,13-14,16H2,1-4H3. The molecule has 5 nitrogen and oxygen atoms in total. The van der Waals surface area contributed by atoms with Crippen molar-refractivity contribution in [1.29, 1.82) is 0 Å². The van der Waals surface area contributed by atoms with Crippen molar-refractivity contribution in [3.05, 3.63) is 64.9 Å². The average molecular weight is 419 g/mol. The Morgan fingerprint density at radius 3 is 2.23 bits per heavy atom. The Bertz CT molecular complexity index is 1030. The second-order valence-electron chi connectivity index (χ2n) is 8.88. The van der Waals surface area contributed by atoms with Crippen molar-refractivity contribution in [2.75, 3.05) is 24.6 Å². The molecule has 0 unspecified atom stereocenters. The molecule has 1 fully saturated rings. The van der Waals surface area contributed by atoms with Gasteiger partial charge in [0.2, 0.25) is 0 Å². The molecule has 2 aliphatic heterocycles. The zero-order chi connectivity index (χ0) is 22.1. The fourth-order valence-electron chi connectivity index (χ4n) is 4.28. The molecule has 1 saturated heterocycles. The molecule has 2 heterocycles. The number of imide groups is 1. The van der Waals surface area contributed by atoms with Crippen LogP contribution >= 0.6 is 0 Å². The molecule has 0 spiro atoms. The molecule has 5 heteroatoms. The first-order valence-electron chi connectivity index (χ1n) is 11.1. The van der Waals surface area contributed by atoms with Gasteiger partial charge < -0.3 is 9.64 Å². The van der Waals surface area contributed by atoms with Crippen molar-refractivity contribution >= 4 is 23.1 Å². The number of amides is 2. The van der Waals surface area contributed by atoms with Crippen molar-refractivity contribution in [3.63, 3.8) is 0 Å².